The summed E-state index contributed by atoms with van der Waals surface area (Å²) in [4.78, 5) is 10.7. The Labute approximate surface area is 80.2 Å². The zero-order chi connectivity index (χ0) is 9.97. The molecule has 0 atom stereocenters. The van der Waals surface area contributed by atoms with Crippen molar-refractivity contribution in [3.63, 3.8) is 0 Å². The lowest BCUT2D eigenvalue weighted by atomic mass is 10.2. The van der Waals surface area contributed by atoms with Crippen LogP contribution >= 0.6 is 0 Å². The van der Waals surface area contributed by atoms with Gasteiger partial charge in [-0.05, 0) is 12.1 Å². The highest BCUT2D eigenvalue weighted by Crippen LogP contribution is 2.17. The van der Waals surface area contributed by atoms with E-state index in [1.165, 1.54) is 0 Å². The topological polar surface area (TPSA) is 91.4 Å². The second-order valence-electron chi connectivity index (χ2n) is 2.69. The van der Waals surface area contributed by atoms with Gasteiger partial charge in [-0.25, -0.2) is 4.98 Å². The molecule has 0 saturated heterocycles. The molecule has 14 heavy (non-hydrogen) atoms. The van der Waals surface area contributed by atoms with Crippen molar-refractivity contribution in [3.05, 3.63) is 30.2 Å². The third-order valence-electron chi connectivity index (χ3n) is 1.80. The van der Waals surface area contributed by atoms with Crippen LogP contribution < -0.4 is 5.73 Å². The Kier molecular flexibility index (Phi) is 1.88. The number of pyridine rings is 1. The minimum absolute atomic E-state index is 0.222. The number of H-pyrrole nitrogens is 1. The third-order valence-corrected chi connectivity index (χ3v) is 1.80. The average Bonchev–Trinajstić information content (AvgIpc) is 2.61. The van der Waals surface area contributed by atoms with Crippen LogP contribution in [0.3, 0.4) is 0 Å². The minimum Gasteiger partial charge on any atom is -0.381 e. The molecule has 0 bridgehead atoms. The first-order valence-corrected chi connectivity index (χ1v) is 3.97. The number of hydrogen-bond donors (Lipinski definition) is 2. The highest BCUT2D eigenvalue weighted by molar-refractivity contribution is 5.60. The van der Waals surface area contributed by atoms with Gasteiger partial charge in [0.15, 0.2) is 11.5 Å². The van der Waals surface area contributed by atoms with Crippen LogP contribution in [0.4, 0.5) is 5.82 Å². The molecule has 0 fully saturated rings. The number of nitriles is 1. The highest BCUT2D eigenvalue weighted by atomic mass is 15.0. The van der Waals surface area contributed by atoms with Crippen LogP contribution in [0.25, 0.3) is 11.4 Å². The Hall–Kier alpha value is -2.35. The fourth-order valence-corrected chi connectivity index (χ4v) is 1.12. The van der Waals surface area contributed by atoms with E-state index in [1.807, 2.05) is 6.07 Å². The lowest BCUT2D eigenvalue weighted by molar-refractivity contribution is 1.26. The van der Waals surface area contributed by atoms with Crippen LogP contribution in [-0.2, 0) is 0 Å². The standard InChI is InChI=1S/C9H7N5/c10-5-7-8(11)14-9(13-7)6-1-3-12-4-2-6/h1-4H,11H2,(H,13,14). The van der Waals surface area contributed by atoms with Gasteiger partial charge in [0, 0.05) is 18.0 Å². The molecule has 0 aliphatic rings. The van der Waals surface area contributed by atoms with Gasteiger partial charge < -0.3 is 10.7 Å². The number of rotatable bonds is 1. The highest BCUT2D eigenvalue weighted by Gasteiger charge is 2.07. The lowest BCUT2D eigenvalue weighted by Crippen LogP contribution is -1.86. The maximum atomic E-state index is 8.67. The normalized spacial score (nSPS) is 9.64. The number of hydrogen-bond acceptors (Lipinski definition) is 4. The van der Waals surface area contributed by atoms with Gasteiger partial charge in [-0.2, -0.15) is 5.26 Å². The molecule has 0 aliphatic carbocycles. The van der Waals surface area contributed by atoms with E-state index in [2.05, 4.69) is 15.0 Å². The molecule has 0 saturated carbocycles. The van der Waals surface area contributed by atoms with Crippen molar-refractivity contribution in [1.29, 1.82) is 5.26 Å². The summed E-state index contributed by atoms with van der Waals surface area (Å²) in [5.74, 6) is 0.806. The van der Waals surface area contributed by atoms with Crippen molar-refractivity contribution in [2.45, 2.75) is 0 Å². The van der Waals surface area contributed by atoms with Crippen molar-refractivity contribution in [1.82, 2.24) is 15.0 Å². The van der Waals surface area contributed by atoms with Crippen LogP contribution in [0.2, 0.25) is 0 Å². The Morgan fingerprint density at radius 1 is 1.36 bits per heavy atom. The fourth-order valence-electron chi connectivity index (χ4n) is 1.12. The Balaban J connectivity index is 2.50. The molecule has 5 nitrogen and oxygen atoms in total. The van der Waals surface area contributed by atoms with Gasteiger partial charge in [0.25, 0.3) is 0 Å². The second-order valence-corrected chi connectivity index (χ2v) is 2.69. The number of aromatic nitrogens is 3. The first kappa shape index (κ1) is 8.26. The van der Waals surface area contributed by atoms with Crippen LogP contribution in [0.15, 0.2) is 24.5 Å². The van der Waals surface area contributed by atoms with Gasteiger partial charge in [0.2, 0.25) is 0 Å². The summed E-state index contributed by atoms with van der Waals surface area (Å²) in [6.45, 7) is 0. The Bertz CT molecular complexity index is 480. The van der Waals surface area contributed by atoms with Gasteiger partial charge in [-0.1, -0.05) is 0 Å². The van der Waals surface area contributed by atoms with E-state index < -0.39 is 0 Å². The molecule has 0 aromatic carbocycles. The smallest absolute Gasteiger partial charge is 0.161 e. The van der Waals surface area contributed by atoms with Gasteiger partial charge in [-0.3, -0.25) is 4.98 Å². The molecule has 68 valence electrons. The summed E-state index contributed by atoms with van der Waals surface area (Å²) >= 11 is 0. The largest absolute Gasteiger partial charge is 0.381 e. The van der Waals surface area contributed by atoms with Gasteiger partial charge in [0.05, 0.1) is 0 Å². The molecule has 2 aromatic rings. The number of nitrogen functional groups attached to an aromatic ring is 1. The van der Waals surface area contributed by atoms with Crippen LogP contribution in [0.5, 0.6) is 0 Å². The predicted octanol–water partition coefficient (Wildman–Crippen LogP) is 0.926. The molecular weight excluding hydrogens is 178 g/mol. The first-order valence-electron chi connectivity index (χ1n) is 3.97. The van der Waals surface area contributed by atoms with Gasteiger partial charge in [0.1, 0.15) is 11.9 Å². The van der Waals surface area contributed by atoms with Crippen LogP contribution in [0.1, 0.15) is 5.69 Å². The first-order chi connectivity index (χ1) is 6.81. The minimum atomic E-state index is 0.222. The fraction of sp³-hybridized carbons (Fsp3) is 0. The summed E-state index contributed by atoms with van der Waals surface area (Å²) < 4.78 is 0. The SMILES string of the molecule is N#Cc1[nH]c(-c2ccncc2)nc1N. The zero-order valence-electron chi connectivity index (χ0n) is 7.23. The Morgan fingerprint density at radius 2 is 2.07 bits per heavy atom. The van der Waals surface area contributed by atoms with Gasteiger partial charge >= 0.3 is 0 Å². The summed E-state index contributed by atoms with van der Waals surface area (Å²) in [7, 11) is 0. The van der Waals surface area contributed by atoms with Gasteiger partial charge in [-0.15, -0.1) is 0 Å². The van der Waals surface area contributed by atoms with Crippen molar-refractivity contribution in [2.75, 3.05) is 5.73 Å². The molecule has 2 aromatic heterocycles. The van der Waals surface area contributed by atoms with Crippen molar-refractivity contribution in [3.8, 4) is 17.5 Å². The molecule has 0 amide bonds. The molecular formula is C9H7N5. The van der Waals surface area contributed by atoms with Crippen LogP contribution in [0, 0.1) is 11.3 Å². The van der Waals surface area contributed by atoms with E-state index in [1.54, 1.807) is 24.5 Å². The number of anilines is 1. The summed E-state index contributed by atoms with van der Waals surface area (Å²) in [5, 5.41) is 8.67. The number of imidazole rings is 1. The van der Waals surface area contributed by atoms with Crippen molar-refractivity contribution in [2.24, 2.45) is 0 Å². The molecule has 5 heteroatoms. The Morgan fingerprint density at radius 3 is 2.64 bits per heavy atom. The summed E-state index contributed by atoms with van der Waals surface area (Å²) in [6, 6.07) is 5.51. The number of aromatic amines is 1. The van der Waals surface area contributed by atoms with E-state index >= 15 is 0 Å². The lowest BCUT2D eigenvalue weighted by Gasteiger charge is -1.92. The van der Waals surface area contributed by atoms with E-state index in [4.69, 9.17) is 11.0 Å². The summed E-state index contributed by atoms with van der Waals surface area (Å²) in [5.41, 5.74) is 6.65. The quantitative estimate of drug-likeness (QED) is 0.691. The molecule has 0 spiro atoms. The van der Waals surface area contributed by atoms with Crippen LogP contribution in [-0.4, -0.2) is 15.0 Å². The maximum absolute atomic E-state index is 8.67. The van der Waals surface area contributed by atoms with E-state index in [0.717, 1.165) is 5.56 Å². The molecule has 0 aliphatic heterocycles. The molecule has 3 N–H and O–H groups in total. The third kappa shape index (κ3) is 1.29. The number of nitrogens with one attached hydrogen (secondary N) is 1. The molecule has 0 unspecified atom stereocenters. The monoisotopic (exact) mass is 185 g/mol. The molecule has 2 heterocycles. The van der Waals surface area contributed by atoms with Crippen molar-refractivity contribution >= 4 is 5.82 Å². The predicted molar refractivity (Wildman–Crippen MR) is 50.9 cm³/mol. The van der Waals surface area contributed by atoms with E-state index in [9.17, 15) is 0 Å². The maximum Gasteiger partial charge on any atom is 0.161 e. The second kappa shape index (κ2) is 3.18. The van der Waals surface area contributed by atoms with Crippen molar-refractivity contribution < 1.29 is 0 Å². The zero-order valence-corrected chi connectivity index (χ0v) is 7.23. The average molecular weight is 185 g/mol. The number of nitrogens with zero attached hydrogens (tertiary/aromatic N) is 3. The van der Waals surface area contributed by atoms with E-state index in [-0.39, 0.29) is 11.5 Å². The summed E-state index contributed by atoms with van der Waals surface area (Å²) in [6.07, 6.45) is 3.31. The molecule has 0 radical (unpaired) electrons. The van der Waals surface area contributed by atoms with E-state index in [0.29, 0.717) is 5.82 Å². The molecule has 2 rings (SSSR count). The number of nitrogens with two attached hydrogens (primary N) is 1.